The number of ether oxygens (including phenoxy) is 1. The molecule has 0 saturated heterocycles. The molecule has 23 heavy (non-hydrogen) atoms. The van der Waals surface area contributed by atoms with E-state index in [2.05, 4.69) is 45.4 Å². The molecule has 114 valence electrons. The lowest BCUT2D eigenvalue weighted by Gasteiger charge is -2.14. The monoisotopic (exact) mass is 365 g/mol. The summed E-state index contributed by atoms with van der Waals surface area (Å²) in [6, 6.07) is 20.4. The molecule has 3 aromatic rings. The average Bonchev–Trinajstić information content (AvgIpc) is 2.59. The number of anilines is 1. The van der Waals surface area contributed by atoms with Crippen molar-refractivity contribution in [2.75, 3.05) is 11.9 Å². The van der Waals surface area contributed by atoms with Gasteiger partial charge in [-0.05, 0) is 41.1 Å². The molecule has 0 bridgehead atoms. The molecule has 0 aromatic heterocycles. The van der Waals surface area contributed by atoms with Crippen LogP contribution in [0.2, 0.25) is 0 Å². The summed E-state index contributed by atoms with van der Waals surface area (Å²) in [7, 11) is 0. The van der Waals surface area contributed by atoms with Gasteiger partial charge in [0.05, 0.1) is 0 Å². The van der Waals surface area contributed by atoms with Gasteiger partial charge in [0.1, 0.15) is 12.4 Å². The fourth-order valence-electron chi connectivity index (χ4n) is 2.51. The van der Waals surface area contributed by atoms with E-state index in [0.717, 1.165) is 21.5 Å². The number of fused-ring (bicyclic) bond motifs is 1. The maximum atomic E-state index is 5.72. The highest BCUT2D eigenvalue weighted by atomic mass is 79.9. The normalized spacial score (nSPS) is 10.3. The first kappa shape index (κ1) is 15.5. The lowest BCUT2D eigenvalue weighted by Crippen LogP contribution is -2.04. The van der Waals surface area contributed by atoms with E-state index in [4.69, 9.17) is 11.2 Å². The topological polar surface area (TPSA) is 21.3 Å². The van der Waals surface area contributed by atoms with Gasteiger partial charge in [0.2, 0.25) is 0 Å². The first-order chi connectivity index (χ1) is 11.3. The van der Waals surface area contributed by atoms with E-state index in [1.54, 1.807) is 0 Å². The minimum Gasteiger partial charge on any atom is -0.481 e. The van der Waals surface area contributed by atoms with Gasteiger partial charge in [0.25, 0.3) is 0 Å². The molecule has 0 saturated carbocycles. The van der Waals surface area contributed by atoms with Gasteiger partial charge in [-0.25, -0.2) is 0 Å². The van der Waals surface area contributed by atoms with Crippen molar-refractivity contribution in [1.29, 1.82) is 0 Å². The number of terminal acetylenes is 1. The van der Waals surface area contributed by atoms with E-state index in [-0.39, 0.29) is 6.61 Å². The SMILES string of the molecule is C#CCOc1ccc2ccccc2c1CNc1ccc(Br)cc1. The number of hydrogen-bond donors (Lipinski definition) is 1. The first-order valence-corrected chi connectivity index (χ1v) is 8.13. The number of halogens is 1. The Bertz CT molecular complexity index is 850. The maximum absolute atomic E-state index is 5.72. The van der Waals surface area contributed by atoms with Crippen LogP contribution in [0, 0.1) is 12.3 Å². The standard InChI is InChI=1S/C20H16BrNO/c1-2-13-23-20-12-7-15-5-3-4-6-18(15)19(20)14-22-17-10-8-16(21)9-11-17/h1,3-12,22H,13-14H2. The number of benzene rings is 3. The van der Waals surface area contributed by atoms with Crippen molar-refractivity contribution in [3.05, 3.63) is 70.7 Å². The van der Waals surface area contributed by atoms with Crippen molar-refractivity contribution in [2.45, 2.75) is 6.54 Å². The largest absolute Gasteiger partial charge is 0.481 e. The summed E-state index contributed by atoms with van der Waals surface area (Å²) in [6.45, 7) is 0.937. The predicted molar refractivity (Wildman–Crippen MR) is 99.7 cm³/mol. The molecule has 0 amide bonds. The van der Waals surface area contributed by atoms with Crippen molar-refractivity contribution in [3.63, 3.8) is 0 Å². The van der Waals surface area contributed by atoms with E-state index < -0.39 is 0 Å². The summed E-state index contributed by atoms with van der Waals surface area (Å²) >= 11 is 3.45. The van der Waals surface area contributed by atoms with Crippen molar-refractivity contribution >= 4 is 32.4 Å². The van der Waals surface area contributed by atoms with E-state index in [0.29, 0.717) is 6.54 Å². The summed E-state index contributed by atoms with van der Waals surface area (Å²) in [5.74, 6) is 3.35. The Hall–Kier alpha value is -2.44. The van der Waals surface area contributed by atoms with Crippen LogP contribution in [0.1, 0.15) is 5.56 Å². The highest BCUT2D eigenvalue weighted by Gasteiger charge is 2.08. The molecule has 0 aliphatic heterocycles. The molecule has 0 atom stereocenters. The van der Waals surface area contributed by atoms with Crippen LogP contribution in [0.5, 0.6) is 5.75 Å². The highest BCUT2D eigenvalue weighted by molar-refractivity contribution is 9.10. The van der Waals surface area contributed by atoms with Crippen molar-refractivity contribution in [1.82, 2.24) is 0 Å². The molecule has 3 aromatic carbocycles. The molecule has 0 aliphatic carbocycles. The fraction of sp³-hybridized carbons (Fsp3) is 0.100. The molecule has 0 heterocycles. The molecule has 0 fully saturated rings. The van der Waals surface area contributed by atoms with E-state index in [9.17, 15) is 0 Å². The van der Waals surface area contributed by atoms with Crippen LogP contribution >= 0.6 is 15.9 Å². The van der Waals surface area contributed by atoms with Gasteiger partial charge in [0.15, 0.2) is 0 Å². The maximum Gasteiger partial charge on any atom is 0.148 e. The fourth-order valence-corrected chi connectivity index (χ4v) is 2.78. The van der Waals surface area contributed by atoms with Crippen LogP contribution in [-0.2, 0) is 6.54 Å². The van der Waals surface area contributed by atoms with Gasteiger partial charge in [-0.2, -0.15) is 0 Å². The Morgan fingerprint density at radius 3 is 2.57 bits per heavy atom. The zero-order valence-electron chi connectivity index (χ0n) is 12.6. The van der Waals surface area contributed by atoms with Crippen molar-refractivity contribution in [2.24, 2.45) is 0 Å². The summed E-state index contributed by atoms with van der Waals surface area (Å²) in [5.41, 5.74) is 2.17. The van der Waals surface area contributed by atoms with Crippen molar-refractivity contribution in [3.8, 4) is 18.1 Å². The predicted octanol–water partition coefficient (Wildman–Crippen LogP) is 5.23. The Labute approximate surface area is 144 Å². The van der Waals surface area contributed by atoms with Crippen LogP contribution in [0.4, 0.5) is 5.69 Å². The molecule has 0 radical (unpaired) electrons. The van der Waals surface area contributed by atoms with Gasteiger partial charge in [0, 0.05) is 22.3 Å². The Kier molecular flexibility index (Phi) is 4.85. The van der Waals surface area contributed by atoms with Crippen LogP contribution in [0.25, 0.3) is 10.8 Å². The number of hydrogen-bond acceptors (Lipinski definition) is 2. The third-order valence-corrected chi connectivity index (χ3v) is 4.15. The Balaban J connectivity index is 1.92. The Morgan fingerprint density at radius 1 is 1.00 bits per heavy atom. The summed E-state index contributed by atoms with van der Waals surface area (Å²) < 4.78 is 6.78. The van der Waals surface area contributed by atoms with Gasteiger partial charge < -0.3 is 10.1 Å². The second kappa shape index (κ2) is 7.21. The van der Waals surface area contributed by atoms with Crippen LogP contribution in [0.15, 0.2) is 65.1 Å². The average molecular weight is 366 g/mol. The smallest absolute Gasteiger partial charge is 0.148 e. The number of nitrogens with one attached hydrogen (secondary N) is 1. The van der Waals surface area contributed by atoms with Gasteiger partial charge in [-0.1, -0.05) is 52.2 Å². The molecule has 1 N–H and O–H groups in total. The van der Waals surface area contributed by atoms with Gasteiger partial charge in [-0.3, -0.25) is 0 Å². The summed E-state index contributed by atoms with van der Waals surface area (Å²) in [6.07, 6.45) is 5.32. The Morgan fingerprint density at radius 2 is 1.78 bits per heavy atom. The number of rotatable bonds is 5. The second-order valence-electron chi connectivity index (χ2n) is 5.12. The zero-order valence-corrected chi connectivity index (χ0v) is 14.1. The van der Waals surface area contributed by atoms with Gasteiger partial charge >= 0.3 is 0 Å². The lowest BCUT2D eigenvalue weighted by atomic mass is 10.0. The molecular formula is C20H16BrNO. The molecule has 0 spiro atoms. The van der Waals surface area contributed by atoms with Crippen molar-refractivity contribution < 1.29 is 4.74 Å². The quantitative estimate of drug-likeness (QED) is 0.625. The first-order valence-electron chi connectivity index (χ1n) is 7.34. The summed E-state index contributed by atoms with van der Waals surface area (Å²) in [5, 5.41) is 5.81. The van der Waals surface area contributed by atoms with E-state index in [1.165, 1.54) is 10.8 Å². The molecule has 3 heteroatoms. The van der Waals surface area contributed by atoms with Gasteiger partial charge in [-0.15, -0.1) is 6.42 Å². The van der Waals surface area contributed by atoms with E-state index >= 15 is 0 Å². The zero-order chi connectivity index (χ0) is 16.1. The molecule has 0 aliphatic rings. The summed E-state index contributed by atoms with van der Waals surface area (Å²) in [4.78, 5) is 0. The van der Waals surface area contributed by atoms with Crippen LogP contribution in [-0.4, -0.2) is 6.61 Å². The highest BCUT2D eigenvalue weighted by Crippen LogP contribution is 2.29. The van der Waals surface area contributed by atoms with E-state index in [1.807, 2.05) is 42.5 Å². The second-order valence-corrected chi connectivity index (χ2v) is 6.03. The third-order valence-electron chi connectivity index (χ3n) is 3.62. The van der Waals surface area contributed by atoms with Crippen LogP contribution < -0.4 is 10.1 Å². The minimum atomic E-state index is 0.267. The molecule has 2 nitrogen and oxygen atoms in total. The molecular weight excluding hydrogens is 350 g/mol. The van der Waals surface area contributed by atoms with Crippen LogP contribution in [0.3, 0.4) is 0 Å². The third kappa shape index (κ3) is 3.67. The molecule has 0 unspecified atom stereocenters. The molecule has 3 rings (SSSR count). The lowest BCUT2D eigenvalue weighted by molar-refractivity contribution is 0.367. The minimum absolute atomic E-state index is 0.267.